The Hall–Kier alpha value is -3.39. The predicted molar refractivity (Wildman–Crippen MR) is 113 cm³/mol. The molecule has 154 valence electrons. The highest BCUT2D eigenvalue weighted by molar-refractivity contribution is 7.10. The molecular formula is C22H21N3O4S. The van der Waals surface area contributed by atoms with Gasteiger partial charge in [-0.1, -0.05) is 18.2 Å². The number of hydrogen-bond acceptors (Lipinski definition) is 6. The SMILES string of the molecule is COc1ccccc1/C(O)=C1\C(=O)C(=O)N(CCCn2ccnc2)C1c1cccs1. The molecule has 1 aliphatic rings. The summed E-state index contributed by atoms with van der Waals surface area (Å²) in [6.07, 6.45) is 5.92. The zero-order chi connectivity index (χ0) is 21.1. The number of hydrogen-bond donors (Lipinski definition) is 1. The molecule has 0 aliphatic carbocycles. The smallest absolute Gasteiger partial charge is 0.295 e. The average molecular weight is 423 g/mol. The quantitative estimate of drug-likeness (QED) is 0.357. The van der Waals surface area contributed by atoms with Crippen molar-refractivity contribution < 1.29 is 19.4 Å². The van der Waals surface area contributed by atoms with E-state index in [9.17, 15) is 14.7 Å². The second-order valence-corrected chi connectivity index (χ2v) is 7.84. The number of imidazole rings is 1. The lowest BCUT2D eigenvalue weighted by molar-refractivity contribution is -0.139. The first-order chi connectivity index (χ1) is 14.6. The summed E-state index contributed by atoms with van der Waals surface area (Å²) in [5.74, 6) is -1.07. The average Bonchev–Trinajstić information content (AvgIpc) is 3.52. The van der Waals surface area contributed by atoms with E-state index in [2.05, 4.69) is 4.98 Å². The molecule has 8 heteroatoms. The molecule has 3 heterocycles. The Bertz CT molecular complexity index is 1070. The maximum Gasteiger partial charge on any atom is 0.295 e. The molecule has 1 N–H and O–H groups in total. The molecule has 1 amide bonds. The van der Waals surface area contributed by atoms with Gasteiger partial charge in [-0.2, -0.15) is 0 Å². The van der Waals surface area contributed by atoms with Crippen LogP contribution >= 0.6 is 11.3 Å². The number of aryl methyl sites for hydroxylation is 1. The van der Waals surface area contributed by atoms with Gasteiger partial charge in [0.05, 0.1) is 30.6 Å². The molecule has 30 heavy (non-hydrogen) atoms. The van der Waals surface area contributed by atoms with Crippen molar-refractivity contribution >= 4 is 28.8 Å². The van der Waals surface area contributed by atoms with Gasteiger partial charge in [0, 0.05) is 30.4 Å². The molecule has 7 nitrogen and oxygen atoms in total. The molecule has 1 atom stereocenters. The van der Waals surface area contributed by atoms with Crippen molar-refractivity contribution in [1.29, 1.82) is 0 Å². The fraction of sp³-hybridized carbons (Fsp3) is 0.227. The maximum absolute atomic E-state index is 13.0. The van der Waals surface area contributed by atoms with Gasteiger partial charge in [0.1, 0.15) is 11.5 Å². The molecule has 1 aliphatic heterocycles. The highest BCUT2D eigenvalue weighted by Gasteiger charge is 2.46. The zero-order valence-corrected chi connectivity index (χ0v) is 17.2. The molecule has 0 spiro atoms. The van der Waals surface area contributed by atoms with Crippen LogP contribution < -0.4 is 4.74 Å². The lowest BCUT2D eigenvalue weighted by atomic mass is 9.99. The predicted octanol–water partition coefficient (Wildman–Crippen LogP) is 3.47. The first-order valence-electron chi connectivity index (χ1n) is 9.52. The summed E-state index contributed by atoms with van der Waals surface area (Å²) >= 11 is 1.45. The summed E-state index contributed by atoms with van der Waals surface area (Å²) < 4.78 is 7.26. The lowest BCUT2D eigenvalue weighted by Crippen LogP contribution is -2.31. The summed E-state index contributed by atoms with van der Waals surface area (Å²) in [7, 11) is 1.50. The number of likely N-dealkylation sites (tertiary alicyclic amines) is 1. The minimum absolute atomic E-state index is 0.0922. The van der Waals surface area contributed by atoms with Crippen LogP contribution in [0, 0.1) is 0 Å². The van der Waals surface area contributed by atoms with E-state index >= 15 is 0 Å². The highest BCUT2D eigenvalue weighted by atomic mass is 32.1. The van der Waals surface area contributed by atoms with Crippen molar-refractivity contribution in [2.75, 3.05) is 13.7 Å². The Labute approximate surface area is 177 Å². The van der Waals surface area contributed by atoms with Crippen LogP contribution in [0.5, 0.6) is 5.75 Å². The number of benzene rings is 1. The Morgan fingerprint density at radius 1 is 1.20 bits per heavy atom. The molecular weight excluding hydrogens is 402 g/mol. The Kier molecular flexibility index (Phi) is 5.67. The Morgan fingerprint density at radius 2 is 2.03 bits per heavy atom. The number of aliphatic hydroxyl groups is 1. The first kappa shape index (κ1) is 19.9. The number of carbonyl (C=O) groups is 2. The summed E-state index contributed by atoms with van der Waals surface area (Å²) in [4.78, 5) is 32.2. The molecule has 0 radical (unpaired) electrons. The fourth-order valence-electron chi connectivity index (χ4n) is 3.68. The van der Waals surface area contributed by atoms with Gasteiger partial charge in [-0.15, -0.1) is 11.3 Å². The van der Waals surface area contributed by atoms with Crippen LogP contribution in [0.4, 0.5) is 0 Å². The summed E-state index contributed by atoms with van der Waals surface area (Å²) in [6.45, 7) is 1.06. The number of carbonyl (C=O) groups excluding carboxylic acids is 2. The highest BCUT2D eigenvalue weighted by Crippen LogP contribution is 2.42. The van der Waals surface area contributed by atoms with Gasteiger partial charge >= 0.3 is 0 Å². The number of ether oxygens (including phenoxy) is 1. The number of ketones is 1. The van der Waals surface area contributed by atoms with E-state index < -0.39 is 17.7 Å². The molecule has 1 saturated heterocycles. The van der Waals surface area contributed by atoms with Crippen molar-refractivity contribution in [1.82, 2.24) is 14.5 Å². The monoisotopic (exact) mass is 423 g/mol. The normalized spacial score (nSPS) is 18.2. The van der Waals surface area contributed by atoms with Crippen molar-refractivity contribution in [3.8, 4) is 5.75 Å². The Morgan fingerprint density at radius 3 is 2.73 bits per heavy atom. The van der Waals surface area contributed by atoms with Gasteiger partial charge in [-0.25, -0.2) is 4.98 Å². The third-order valence-corrected chi connectivity index (χ3v) is 6.01. The van der Waals surface area contributed by atoms with Crippen LogP contribution in [-0.2, 0) is 16.1 Å². The van der Waals surface area contributed by atoms with Crippen molar-refractivity contribution in [3.05, 3.63) is 76.5 Å². The number of methoxy groups -OCH3 is 1. The molecule has 0 saturated carbocycles. The minimum atomic E-state index is -0.681. The van der Waals surface area contributed by atoms with Crippen molar-refractivity contribution in [3.63, 3.8) is 0 Å². The molecule has 1 fully saturated rings. The van der Waals surface area contributed by atoms with Gasteiger partial charge in [-0.05, 0) is 30.0 Å². The molecule has 4 rings (SSSR count). The van der Waals surface area contributed by atoms with Crippen LogP contribution in [0.1, 0.15) is 22.9 Å². The third kappa shape index (κ3) is 3.61. The maximum atomic E-state index is 13.0. The molecule has 2 aromatic heterocycles. The number of amides is 1. The lowest BCUT2D eigenvalue weighted by Gasteiger charge is -2.24. The standard InChI is InChI=1S/C22H21N3O4S/c1-29-16-7-3-2-6-15(16)20(26)18-19(17-8-4-13-30-17)25(22(28)21(18)27)11-5-10-24-12-9-23-14-24/h2-4,6-9,12-14,19,26H,5,10-11H2,1H3/b20-18+. The van der Waals surface area contributed by atoms with Crippen LogP contribution in [0.25, 0.3) is 5.76 Å². The van der Waals surface area contributed by atoms with Crippen LogP contribution in [0.15, 0.2) is 66.1 Å². The number of para-hydroxylation sites is 1. The molecule has 0 bridgehead atoms. The minimum Gasteiger partial charge on any atom is -0.507 e. The topological polar surface area (TPSA) is 84.7 Å². The van der Waals surface area contributed by atoms with Crippen LogP contribution in [0.3, 0.4) is 0 Å². The zero-order valence-electron chi connectivity index (χ0n) is 16.4. The second kappa shape index (κ2) is 8.54. The van der Waals surface area contributed by atoms with Crippen molar-refractivity contribution in [2.45, 2.75) is 19.0 Å². The van der Waals surface area contributed by atoms with E-state index in [1.807, 2.05) is 28.3 Å². The number of rotatable bonds is 7. The van der Waals surface area contributed by atoms with E-state index in [0.717, 1.165) is 4.88 Å². The Balaban J connectivity index is 1.72. The van der Waals surface area contributed by atoms with E-state index in [0.29, 0.717) is 30.8 Å². The number of aliphatic hydroxyl groups excluding tert-OH is 1. The van der Waals surface area contributed by atoms with Crippen LogP contribution in [-0.4, -0.2) is 44.9 Å². The van der Waals surface area contributed by atoms with Gasteiger partial charge in [-0.3, -0.25) is 9.59 Å². The van der Waals surface area contributed by atoms with Gasteiger partial charge in [0.25, 0.3) is 11.7 Å². The number of nitrogens with zero attached hydrogens (tertiary/aromatic N) is 3. The van der Waals surface area contributed by atoms with E-state index in [1.165, 1.54) is 18.4 Å². The first-order valence-corrected chi connectivity index (χ1v) is 10.4. The molecule has 3 aromatic rings. The molecule has 1 aromatic carbocycles. The largest absolute Gasteiger partial charge is 0.507 e. The number of aromatic nitrogens is 2. The van der Waals surface area contributed by atoms with Gasteiger partial charge < -0.3 is 19.3 Å². The summed E-state index contributed by atoms with van der Waals surface area (Å²) in [5, 5.41) is 13.0. The molecule has 1 unspecified atom stereocenters. The second-order valence-electron chi connectivity index (χ2n) is 6.86. The van der Waals surface area contributed by atoms with E-state index in [-0.39, 0.29) is 11.3 Å². The van der Waals surface area contributed by atoms with E-state index in [4.69, 9.17) is 4.74 Å². The fourth-order valence-corrected chi connectivity index (χ4v) is 4.53. The van der Waals surface area contributed by atoms with Gasteiger partial charge in [0.15, 0.2) is 0 Å². The number of Topliss-reactive ketones (excluding diaryl/α,β-unsaturated/α-hetero) is 1. The van der Waals surface area contributed by atoms with Gasteiger partial charge in [0.2, 0.25) is 0 Å². The number of thiophene rings is 1. The van der Waals surface area contributed by atoms with Crippen molar-refractivity contribution in [2.24, 2.45) is 0 Å². The summed E-state index contributed by atoms with van der Waals surface area (Å²) in [6, 6.07) is 10.0. The van der Waals surface area contributed by atoms with Crippen LogP contribution in [0.2, 0.25) is 0 Å². The third-order valence-electron chi connectivity index (χ3n) is 5.09. The summed E-state index contributed by atoms with van der Waals surface area (Å²) in [5.41, 5.74) is 0.479. The van der Waals surface area contributed by atoms with E-state index in [1.54, 1.807) is 41.7 Å².